The summed E-state index contributed by atoms with van der Waals surface area (Å²) >= 11 is 1.56. The lowest BCUT2D eigenvalue weighted by Gasteiger charge is -2.23. The zero-order valence-electron chi connectivity index (χ0n) is 15.5. The maximum Gasteiger partial charge on any atom is 0.335 e. The van der Waals surface area contributed by atoms with Gasteiger partial charge in [0.2, 0.25) is 0 Å². The molecule has 138 valence electrons. The van der Waals surface area contributed by atoms with Gasteiger partial charge in [-0.25, -0.2) is 14.8 Å². The van der Waals surface area contributed by atoms with Crippen LogP contribution < -0.4 is 4.90 Å². The van der Waals surface area contributed by atoms with Crippen LogP contribution in [0.1, 0.15) is 55.2 Å². The van der Waals surface area contributed by atoms with Crippen molar-refractivity contribution in [1.82, 2.24) is 9.97 Å². The quantitative estimate of drug-likeness (QED) is 0.622. The van der Waals surface area contributed by atoms with E-state index in [4.69, 9.17) is 15.1 Å². The van der Waals surface area contributed by atoms with Gasteiger partial charge in [0.15, 0.2) is 5.16 Å². The SMILES string of the molecule is CC(C)(C)c1cc(N2CCCC2)nc(SCc2cccc(C(=O)O)c2)n1. The fraction of sp³-hybridized carbons (Fsp3) is 0.450. The van der Waals surface area contributed by atoms with Crippen LogP contribution in [-0.4, -0.2) is 34.1 Å². The van der Waals surface area contributed by atoms with Crippen LogP contribution in [0.3, 0.4) is 0 Å². The first kappa shape index (κ1) is 18.7. The van der Waals surface area contributed by atoms with Crippen molar-refractivity contribution in [2.75, 3.05) is 18.0 Å². The third-order valence-corrected chi connectivity index (χ3v) is 5.35. The number of thioether (sulfide) groups is 1. The number of carbonyl (C=O) groups is 1. The Morgan fingerprint density at radius 2 is 1.92 bits per heavy atom. The predicted molar refractivity (Wildman–Crippen MR) is 105 cm³/mol. The van der Waals surface area contributed by atoms with Crippen molar-refractivity contribution in [2.24, 2.45) is 0 Å². The molecule has 0 aliphatic carbocycles. The second-order valence-electron chi connectivity index (χ2n) is 7.63. The zero-order valence-corrected chi connectivity index (χ0v) is 16.3. The molecule has 1 saturated heterocycles. The molecule has 1 aromatic carbocycles. The molecule has 1 N–H and O–H groups in total. The number of nitrogens with zero attached hydrogens (tertiary/aromatic N) is 3. The van der Waals surface area contributed by atoms with Crippen molar-refractivity contribution in [3.63, 3.8) is 0 Å². The van der Waals surface area contributed by atoms with Crippen LogP contribution in [0.15, 0.2) is 35.5 Å². The van der Waals surface area contributed by atoms with Gasteiger partial charge in [0.25, 0.3) is 0 Å². The van der Waals surface area contributed by atoms with Gasteiger partial charge < -0.3 is 10.0 Å². The second-order valence-corrected chi connectivity index (χ2v) is 8.57. The summed E-state index contributed by atoms with van der Waals surface area (Å²) in [5, 5.41) is 9.89. The summed E-state index contributed by atoms with van der Waals surface area (Å²) in [7, 11) is 0. The van der Waals surface area contributed by atoms with E-state index in [1.54, 1.807) is 30.0 Å². The van der Waals surface area contributed by atoms with Gasteiger partial charge in [0.1, 0.15) is 5.82 Å². The highest BCUT2D eigenvalue weighted by molar-refractivity contribution is 7.98. The minimum Gasteiger partial charge on any atom is -0.478 e. The minimum atomic E-state index is -0.904. The Morgan fingerprint density at radius 1 is 1.19 bits per heavy atom. The average Bonchev–Trinajstić information content (AvgIpc) is 3.14. The first-order chi connectivity index (χ1) is 12.3. The summed E-state index contributed by atoms with van der Waals surface area (Å²) in [5.74, 6) is 0.747. The van der Waals surface area contributed by atoms with Crippen LogP contribution in [0.2, 0.25) is 0 Å². The van der Waals surface area contributed by atoms with Crippen molar-refractivity contribution in [3.8, 4) is 0 Å². The number of carboxylic acid groups (broad SMARTS) is 1. The molecule has 0 unspecified atom stereocenters. The highest BCUT2D eigenvalue weighted by Gasteiger charge is 2.21. The Balaban J connectivity index is 1.83. The number of anilines is 1. The smallest absolute Gasteiger partial charge is 0.335 e. The number of benzene rings is 1. The van der Waals surface area contributed by atoms with Crippen LogP contribution in [-0.2, 0) is 11.2 Å². The molecule has 0 radical (unpaired) electrons. The maximum atomic E-state index is 11.1. The molecule has 5 nitrogen and oxygen atoms in total. The van der Waals surface area contributed by atoms with Gasteiger partial charge in [-0.15, -0.1) is 0 Å². The number of carboxylic acids is 1. The van der Waals surface area contributed by atoms with E-state index in [1.807, 2.05) is 6.07 Å². The lowest BCUT2D eigenvalue weighted by atomic mass is 9.92. The number of hydrogen-bond donors (Lipinski definition) is 1. The Hall–Kier alpha value is -2.08. The normalized spacial score (nSPS) is 14.7. The van der Waals surface area contributed by atoms with E-state index in [-0.39, 0.29) is 5.41 Å². The number of aromatic carboxylic acids is 1. The van der Waals surface area contributed by atoms with Gasteiger partial charge in [-0.2, -0.15) is 0 Å². The molecule has 2 aromatic rings. The third kappa shape index (κ3) is 4.55. The Morgan fingerprint density at radius 3 is 2.58 bits per heavy atom. The molecule has 1 aromatic heterocycles. The number of rotatable bonds is 5. The van der Waals surface area contributed by atoms with E-state index >= 15 is 0 Å². The standard InChI is InChI=1S/C20H25N3O2S/c1-20(2,3)16-12-17(23-9-4-5-10-23)22-19(21-16)26-13-14-7-6-8-15(11-14)18(24)25/h6-8,11-12H,4-5,9-10,13H2,1-3H3,(H,24,25). The Bertz CT molecular complexity index is 796. The van der Waals surface area contributed by atoms with Crippen molar-refractivity contribution < 1.29 is 9.90 Å². The molecule has 0 bridgehead atoms. The summed E-state index contributed by atoms with van der Waals surface area (Å²) in [6.07, 6.45) is 2.42. The van der Waals surface area contributed by atoms with Crippen molar-refractivity contribution in [3.05, 3.63) is 47.2 Å². The van der Waals surface area contributed by atoms with E-state index in [9.17, 15) is 4.79 Å². The van der Waals surface area contributed by atoms with Crippen LogP contribution in [0.4, 0.5) is 5.82 Å². The summed E-state index contributed by atoms with van der Waals surface area (Å²) in [6, 6.07) is 9.15. The van der Waals surface area contributed by atoms with E-state index in [2.05, 4.69) is 31.7 Å². The lowest BCUT2D eigenvalue weighted by Crippen LogP contribution is -2.22. The molecule has 0 amide bonds. The molecule has 26 heavy (non-hydrogen) atoms. The molecule has 1 aliphatic rings. The zero-order chi connectivity index (χ0) is 18.7. The Kier molecular flexibility index (Phi) is 5.51. The lowest BCUT2D eigenvalue weighted by molar-refractivity contribution is 0.0697. The van der Waals surface area contributed by atoms with Crippen molar-refractivity contribution in [1.29, 1.82) is 0 Å². The van der Waals surface area contributed by atoms with E-state index < -0.39 is 5.97 Å². The second kappa shape index (κ2) is 7.66. The highest BCUT2D eigenvalue weighted by Crippen LogP contribution is 2.29. The van der Waals surface area contributed by atoms with Gasteiger partial charge in [-0.3, -0.25) is 0 Å². The van der Waals surface area contributed by atoms with Crippen LogP contribution in [0.5, 0.6) is 0 Å². The molecule has 0 spiro atoms. The van der Waals surface area contributed by atoms with E-state index in [1.165, 1.54) is 12.8 Å². The van der Waals surface area contributed by atoms with E-state index in [0.29, 0.717) is 11.3 Å². The van der Waals surface area contributed by atoms with E-state index in [0.717, 1.165) is 35.3 Å². The molecule has 0 saturated carbocycles. The number of hydrogen-bond acceptors (Lipinski definition) is 5. The van der Waals surface area contributed by atoms with Gasteiger partial charge in [-0.05, 0) is 30.5 Å². The van der Waals surface area contributed by atoms with Gasteiger partial charge in [-0.1, -0.05) is 44.7 Å². The first-order valence-electron chi connectivity index (χ1n) is 8.92. The predicted octanol–water partition coefficient (Wildman–Crippen LogP) is 4.36. The summed E-state index contributed by atoms with van der Waals surface area (Å²) in [5.41, 5.74) is 2.26. The van der Waals surface area contributed by atoms with Gasteiger partial charge in [0, 0.05) is 30.3 Å². The van der Waals surface area contributed by atoms with Gasteiger partial charge in [0.05, 0.1) is 11.3 Å². The largest absolute Gasteiger partial charge is 0.478 e. The Labute approximate surface area is 158 Å². The molecule has 0 atom stereocenters. The molecule has 6 heteroatoms. The average molecular weight is 372 g/mol. The van der Waals surface area contributed by atoms with Crippen LogP contribution in [0, 0.1) is 0 Å². The maximum absolute atomic E-state index is 11.1. The summed E-state index contributed by atoms with van der Waals surface area (Å²) < 4.78 is 0. The van der Waals surface area contributed by atoms with Crippen molar-refractivity contribution in [2.45, 2.75) is 49.9 Å². The molecular weight excluding hydrogens is 346 g/mol. The highest BCUT2D eigenvalue weighted by atomic mass is 32.2. The monoisotopic (exact) mass is 371 g/mol. The van der Waals surface area contributed by atoms with Gasteiger partial charge >= 0.3 is 5.97 Å². The minimum absolute atomic E-state index is 0.0457. The van der Waals surface area contributed by atoms with Crippen molar-refractivity contribution >= 4 is 23.5 Å². The van der Waals surface area contributed by atoms with Crippen LogP contribution >= 0.6 is 11.8 Å². The molecule has 1 fully saturated rings. The first-order valence-corrected chi connectivity index (χ1v) is 9.91. The molecule has 1 aliphatic heterocycles. The topological polar surface area (TPSA) is 66.3 Å². The molecule has 2 heterocycles. The third-order valence-electron chi connectivity index (χ3n) is 4.43. The summed E-state index contributed by atoms with van der Waals surface area (Å²) in [4.78, 5) is 23.0. The fourth-order valence-corrected chi connectivity index (χ4v) is 3.71. The fourth-order valence-electron chi connectivity index (χ4n) is 2.91. The molecule has 3 rings (SSSR count). The molecular formula is C20H25N3O2S. The van der Waals surface area contributed by atoms with Crippen LogP contribution in [0.25, 0.3) is 0 Å². The number of aromatic nitrogens is 2. The summed E-state index contributed by atoms with van der Waals surface area (Å²) in [6.45, 7) is 8.58.